The number of nitrogens with one attached hydrogen (secondary N) is 1. The smallest absolute Gasteiger partial charge is 0.118 e. The van der Waals surface area contributed by atoms with Crippen molar-refractivity contribution in [3.63, 3.8) is 0 Å². The minimum Gasteiger partial charge on any atom is -0.497 e. The van der Waals surface area contributed by atoms with Crippen molar-refractivity contribution in [2.45, 2.75) is 18.9 Å². The van der Waals surface area contributed by atoms with E-state index in [-0.39, 0.29) is 6.04 Å². The summed E-state index contributed by atoms with van der Waals surface area (Å²) in [5.74, 6) is 6.50. The number of rotatable bonds is 6. The second-order valence-corrected chi connectivity index (χ2v) is 5.42. The van der Waals surface area contributed by atoms with Crippen LogP contribution in [-0.4, -0.2) is 12.1 Å². The molecule has 0 spiro atoms. The van der Waals surface area contributed by atoms with E-state index in [9.17, 15) is 0 Å². The Hall–Kier alpha value is -1.43. The molecule has 0 aliphatic rings. The van der Waals surface area contributed by atoms with Crippen molar-refractivity contribution >= 4 is 15.9 Å². The highest BCUT2D eigenvalue weighted by atomic mass is 79.9. The molecule has 1 aromatic heterocycles. The standard InChI is InChI=1S/C15H18BrN3O/c1-20-13-6-2-11(3-7-13)4-8-15(19-17)14-9-5-12(16)10-18-14/h2-3,5-7,9-10,15,19H,4,8,17H2,1H3. The second kappa shape index (κ2) is 7.38. The maximum absolute atomic E-state index is 5.63. The van der Waals surface area contributed by atoms with Crippen molar-refractivity contribution in [1.29, 1.82) is 0 Å². The minimum absolute atomic E-state index is 0.0465. The van der Waals surface area contributed by atoms with Crippen LogP contribution in [0.5, 0.6) is 5.75 Å². The molecule has 0 bridgehead atoms. The van der Waals surface area contributed by atoms with Gasteiger partial charge in [0.25, 0.3) is 0 Å². The van der Waals surface area contributed by atoms with E-state index in [1.54, 1.807) is 13.3 Å². The van der Waals surface area contributed by atoms with Gasteiger partial charge in [-0.2, -0.15) is 0 Å². The van der Waals surface area contributed by atoms with Gasteiger partial charge in [-0.15, -0.1) is 0 Å². The molecular formula is C15H18BrN3O. The Morgan fingerprint density at radius 3 is 2.55 bits per heavy atom. The molecule has 0 aliphatic carbocycles. The van der Waals surface area contributed by atoms with Crippen LogP contribution in [0.2, 0.25) is 0 Å². The molecule has 0 fully saturated rings. The number of halogens is 1. The van der Waals surface area contributed by atoms with Crippen molar-refractivity contribution in [1.82, 2.24) is 10.4 Å². The zero-order chi connectivity index (χ0) is 14.4. The largest absolute Gasteiger partial charge is 0.497 e. The molecule has 5 heteroatoms. The predicted octanol–water partition coefficient (Wildman–Crippen LogP) is 2.99. The molecule has 1 heterocycles. The Kier molecular flexibility index (Phi) is 5.52. The van der Waals surface area contributed by atoms with E-state index >= 15 is 0 Å². The average Bonchev–Trinajstić information content (AvgIpc) is 2.50. The first-order valence-electron chi connectivity index (χ1n) is 6.43. The number of aromatic nitrogens is 1. The Balaban J connectivity index is 1.97. The first kappa shape index (κ1) is 15.0. The van der Waals surface area contributed by atoms with Gasteiger partial charge in [0.2, 0.25) is 0 Å². The van der Waals surface area contributed by atoms with Gasteiger partial charge in [-0.3, -0.25) is 16.3 Å². The lowest BCUT2D eigenvalue weighted by atomic mass is 10.0. The Morgan fingerprint density at radius 2 is 2.00 bits per heavy atom. The van der Waals surface area contributed by atoms with Gasteiger partial charge in [-0.25, -0.2) is 0 Å². The van der Waals surface area contributed by atoms with Crippen molar-refractivity contribution in [3.8, 4) is 5.75 Å². The topological polar surface area (TPSA) is 60.2 Å². The maximum atomic E-state index is 5.63. The average molecular weight is 336 g/mol. The summed E-state index contributed by atoms with van der Waals surface area (Å²) in [6.45, 7) is 0. The van der Waals surface area contributed by atoms with Crippen LogP contribution in [0, 0.1) is 0 Å². The number of methoxy groups -OCH3 is 1. The molecule has 106 valence electrons. The normalized spacial score (nSPS) is 12.2. The SMILES string of the molecule is COc1ccc(CCC(NN)c2ccc(Br)cn2)cc1. The lowest BCUT2D eigenvalue weighted by Gasteiger charge is -2.15. The number of hydrazine groups is 1. The number of benzene rings is 1. The quantitative estimate of drug-likeness (QED) is 0.629. The highest BCUT2D eigenvalue weighted by Crippen LogP contribution is 2.19. The first-order valence-corrected chi connectivity index (χ1v) is 7.22. The van der Waals surface area contributed by atoms with Gasteiger partial charge in [0.15, 0.2) is 0 Å². The van der Waals surface area contributed by atoms with Crippen molar-refractivity contribution in [3.05, 3.63) is 58.3 Å². The molecule has 0 radical (unpaired) electrons. The van der Waals surface area contributed by atoms with Crippen molar-refractivity contribution in [2.75, 3.05) is 7.11 Å². The summed E-state index contributed by atoms with van der Waals surface area (Å²) in [7, 11) is 1.67. The number of nitrogens with zero attached hydrogens (tertiary/aromatic N) is 1. The third-order valence-electron chi connectivity index (χ3n) is 3.19. The molecule has 3 N–H and O–H groups in total. The molecule has 20 heavy (non-hydrogen) atoms. The molecule has 4 nitrogen and oxygen atoms in total. The van der Waals surface area contributed by atoms with E-state index in [4.69, 9.17) is 10.6 Å². The van der Waals surface area contributed by atoms with Crippen LogP contribution in [0.3, 0.4) is 0 Å². The summed E-state index contributed by atoms with van der Waals surface area (Å²) >= 11 is 3.38. The van der Waals surface area contributed by atoms with Crippen LogP contribution in [0.4, 0.5) is 0 Å². The van der Waals surface area contributed by atoms with Gasteiger partial charge in [-0.05, 0) is 58.6 Å². The fraction of sp³-hybridized carbons (Fsp3) is 0.267. The summed E-state index contributed by atoms with van der Waals surface area (Å²) in [6.07, 6.45) is 3.60. The van der Waals surface area contributed by atoms with Gasteiger partial charge >= 0.3 is 0 Å². The zero-order valence-corrected chi connectivity index (χ0v) is 12.9. The molecule has 2 aromatic rings. The fourth-order valence-corrected chi connectivity index (χ4v) is 2.25. The molecule has 1 atom stereocenters. The third-order valence-corrected chi connectivity index (χ3v) is 3.66. The number of nitrogens with two attached hydrogens (primary N) is 1. The molecule has 1 unspecified atom stereocenters. The van der Waals surface area contributed by atoms with E-state index < -0.39 is 0 Å². The lowest BCUT2D eigenvalue weighted by molar-refractivity contribution is 0.414. The van der Waals surface area contributed by atoms with Gasteiger partial charge in [0.05, 0.1) is 18.8 Å². The van der Waals surface area contributed by atoms with Crippen LogP contribution in [0.25, 0.3) is 0 Å². The number of ether oxygens (including phenoxy) is 1. The second-order valence-electron chi connectivity index (χ2n) is 4.51. The first-order chi connectivity index (χ1) is 9.72. The maximum Gasteiger partial charge on any atom is 0.118 e. The Bertz CT molecular complexity index is 528. The highest BCUT2D eigenvalue weighted by molar-refractivity contribution is 9.10. The van der Waals surface area contributed by atoms with Crippen LogP contribution in [0.1, 0.15) is 23.7 Å². The van der Waals surface area contributed by atoms with Crippen LogP contribution in [-0.2, 0) is 6.42 Å². The van der Waals surface area contributed by atoms with Crippen molar-refractivity contribution in [2.24, 2.45) is 5.84 Å². The molecule has 0 saturated heterocycles. The van der Waals surface area contributed by atoms with E-state index in [1.807, 2.05) is 24.3 Å². The summed E-state index contributed by atoms with van der Waals surface area (Å²) < 4.78 is 6.11. The van der Waals surface area contributed by atoms with Gasteiger partial charge in [0.1, 0.15) is 5.75 Å². The molecular weight excluding hydrogens is 318 g/mol. The molecule has 0 amide bonds. The van der Waals surface area contributed by atoms with E-state index in [1.165, 1.54) is 5.56 Å². The zero-order valence-electron chi connectivity index (χ0n) is 11.3. The van der Waals surface area contributed by atoms with Gasteiger partial charge in [0, 0.05) is 10.7 Å². The van der Waals surface area contributed by atoms with E-state index in [2.05, 4.69) is 38.5 Å². The van der Waals surface area contributed by atoms with Crippen LogP contribution >= 0.6 is 15.9 Å². The minimum atomic E-state index is 0.0465. The Morgan fingerprint density at radius 1 is 1.25 bits per heavy atom. The fourth-order valence-electron chi connectivity index (χ4n) is 2.01. The summed E-state index contributed by atoms with van der Waals surface area (Å²) in [4.78, 5) is 4.38. The molecule has 0 saturated carbocycles. The van der Waals surface area contributed by atoms with E-state index in [0.29, 0.717) is 0 Å². The third kappa shape index (κ3) is 4.03. The summed E-state index contributed by atoms with van der Waals surface area (Å²) in [5.41, 5.74) is 5.03. The lowest BCUT2D eigenvalue weighted by Crippen LogP contribution is -2.29. The van der Waals surface area contributed by atoms with Gasteiger partial charge < -0.3 is 4.74 Å². The Labute approximate surface area is 127 Å². The van der Waals surface area contributed by atoms with Crippen molar-refractivity contribution < 1.29 is 4.74 Å². The number of hydrogen-bond acceptors (Lipinski definition) is 4. The molecule has 0 aliphatic heterocycles. The predicted molar refractivity (Wildman–Crippen MR) is 83.3 cm³/mol. The number of hydrogen-bond donors (Lipinski definition) is 2. The van der Waals surface area contributed by atoms with Gasteiger partial charge in [-0.1, -0.05) is 12.1 Å². The molecule has 2 rings (SSSR count). The molecule has 1 aromatic carbocycles. The van der Waals surface area contributed by atoms with E-state index in [0.717, 1.165) is 28.8 Å². The number of aryl methyl sites for hydroxylation is 1. The monoisotopic (exact) mass is 335 g/mol. The highest BCUT2D eigenvalue weighted by Gasteiger charge is 2.11. The van der Waals surface area contributed by atoms with Crippen LogP contribution < -0.4 is 16.0 Å². The number of pyridine rings is 1. The summed E-state index contributed by atoms with van der Waals surface area (Å²) in [6, 6.07) is 12.1. The summed E-state index contributed by atoms with van der Waals surface area (Å²) in [5, 5.41) is 0. The van der Waals surface area contributed by atoms with Crippen LogP contribution in [0.15, 0.2) is 47.1 Å².